The van der Waals surface area contributed by atoms with Gasteiger partial charge in [0.2, 0.25) is 0 Å². The highest BCUT2D eigenvalue weighted by molar-refractivity contribution is 9.10. The quantitative estimate of drug-likeness (QED) is 0.739. The average molecular weight is 311 g/mol. The monoisotopic (exact) mass is 310 g/mol. The van der Waals surface area contributed by atoms with Gasteiger partial charge in [0.25, 0.3) is 6.43 Å². The number of aldehydes is 1. The molecule has 0 N–H and O–H groups in total. The third kappa shape index (κ3) is 2.48. The van der Waals surface area contributed by atoms with E-state index in [0.717, 1.165) is 17.4 Å². The zero-order chi connectivity index (χ0) is 13.1. The minimum absolute atomic E-state index is 0.0534. The molecule has 0 aliphatic rings. The van der Waals surface area contributed by atoms with Crippen molar-refractivity contribution >= 4 is 22.2 Å². The molecule has 0 fully saturated rings. The number of carbonyl (C=O) groups is 1. The van der Waals surface area contributed by atoms with Crippen LogP contribution in [0.2, 0.25) is 0 Å². The normalized spacial score (nSPS) is 10.7. The minimum Gasteiger partial charge on any atom is -0.298 e. The lowest BCUT2D eigenvalue weighted by atomic mass is 9.99. The van der Waals surface area contributed by atoms with Gasteiger partial charge in [-0.1, -0.05) is 52.3 Å². The fourth-order valence-corrected chi connectivity index (χ4v) is 2.29. The number of carbonyl (C=O) groups excluding carboxylic acids is 1. The van der Waals surface area contributed by atoms with Crippen molar-refractivity contribution in [1.82, 2.24) is 0 Å². The second kappa shape index (κ2) is 5.40. The van der Waals surface area contributed by atoms with Crippen molar-refractivity contribution in [1.29, 1.82) is 0 Å². The Morgan fingerprint density at radius 3 is 2.44 bits per heavy atom. The van der Waals surface area contributed by atoms with Crippen LogP contribution in [0.4, 0.5) is 8.78 Å². The highest BCUT2D eigenvalue weighted by Crippen LogP contribution is 2.32. The first-order valence-corrected chi connectivity index (χ1v) is 6.05. The van der Waals surface area contributed by atoms with E-state index in [9.17, 15) is 13.6 Å². The number of rotatable bonds is 3. The average Bonchev–Trinajstić information content (AvgIpc) is 2.38. The Labute approximate surface area is 112 Å². The first-order valence-electron chi connectivity index (χ1n) is 5.25. The third-order valence-corrected chi connectivity index (χ3v) is 3.32. The largest absolute Gasteiger partial charge is 0.298 e. The van der Waals surface area contributed by atoms with Gasteiger partial charge < -0.3 is 0 Å². The Bertz CT molecular complexity index is 582. The van der Waals surface area contributed by atoms with Crippen molar-refractivity contribution in [3.63, 3.8) is 0 Å². The summed E-state index contributed by atoms with van der Waals surface area (Å²) in [6, 6.07) is 11.6. The van der Waals surface area contributed by atoms with E-state index in [-0.39, 0.29) is 5.56 Å². The van der Waals surface area contributed by atoms with Crippen molar-refractivity contribution in [2.75, 3.05) is 0 Å². The summed E-state index contributed by atoms with van der Waals surface area (Å²) in [6.07, 6.45) is -1.76. The summed E-state index contributed by atoms with van der Waals surface area (Å²) >= 11 is 3.12. The Morgan fingerprint density at radius 1 is 1.11 bits per heavy atom. The molecule has 2 rings (SSSR count). The molecule has 0 spiro atoms. The fraction of sp³-hybridized carbons (Fsp3) is 0.0714. The van der Waals surface area contributed by atoms with E-state index in [0.29, 0.717) is 10.0 Å². The highest BCUT2D eigenvalue weighted by Gasteiger charge is 2.13. The summed E-state index contributed by atoms with van der Waals surface area (Å²) in [5, 5.41) is 0. The first-order chi connectivity index (χ1) is 8.63. The predicted octanol–water partition coefficient (Wildman–Crippen LogP) is 4.87. The Morgan fingerprint density at radius 2 is 1.83 bits per heavy atom. The molecule has 0 aliphatic carbocycles. The van der Waals surface area contributed by atoms with Crippen LogP contribution < -0.4 is 0 Å². The number of halogens is 3. The van der Waals surface area contributed by atoms with Crippen molar-refractivity contribution in [2.45, 2.75) is 6.43 Å². The van der Waals surface area contributed by atoms with E-state index in [2.05, 4.69) is 15.9 Å². The van der Waals surface area contributed by atoms with Gasteiger partial charge in [-0.2, -0.15) is 0 Å². The van der Waals surface area contributed by atoms with Gasteiger partial charge in [0.15, 0.2) is 6.29 Å². The number of hydrogen-bond acceptors (Lipinski definition) is 1. The Hall–Kier alpha value is -1.55. The van der Waals surface area contributed by atoms with E-state index >= 15 is 0 Å². The van der Waals surface area contributed by atoms with Gasteiger partial charge in [-0.25, -0.2) is 8.78 Å². The molecule has 2 aromatic carbocycles. The van der Waals surface area contributed by atoms with Crippen molar-refractivity contribution in [2.24, 2.45) is 0 Å². The Kier molecular flexibility index (Phi) is 3.87. The second-order valence-electron chi connectivity index (χ2n) is 3.74. The summed E-state index contributed by atoms with van der Waals surface area (Å²) in [6.45, 7) is 0. The van der Waals surface area contributed by atoms with Crippen molar-refractivity contribution < 1.29 is 13.6 Å². The van der Waals surface area contributed by atoms with Crippen LogP contribution in [0.15, 0.2) is 46.9 Å². The fourth-order valence-electron chi connectivity index (χ4n) is 1.73. The van der Waals surface area contributed by atoms with Gasteiger partial charge in [0, 0.05) is 15.6 Å². The molecule has 0 bridgehead atoms. The predicted molar refractivity (Wildman–Crippen MR) is 69.9 cm³/mol. The molecule has 0 aromatic heterocycles. The molecular weight excluding hydrogens is 302 g/mol. The summed E-state index contributed by atoms with van der Waals surface area (Å²) < 4.78 is 25.6. The molecule has 18 heavy (non-hydrogen) atoms. The maximum absolute atomic E-state index is 12.6. The number of benzene rings is 2. The van der Waals surface area contributed by atoms with Gasteiger partial charge >= 0.3 is 0 Å². The van der Waals surface area contributed by atoms with Crippen molar-refractivity contribution in [3.05, 3.63) is 58.1 Å². The SMILES string of the molecule is O=Cc1ccccc1-c1ccc(C(F)F)c(Br)c1. The molecular formula is C14H9BrF2O. The smallest absolute Gasteiger partial charge is 0.264 e. The van der Waals surface area contributed by atoms with E-state index in [4.69, 9.17) is 0 Å². The minimum atomic E-state index is -2.52. The van der Waals surface area contributed by atoms with Gasteiger partial charge in [-0.05, 0) is 17.2 Å². The third-order valence-electron chi connectivity index (χ3n) is 2.63. The van der Waals surface area contributed by atoms with Crippen LogP contribution in [-0.2, 0) is 0 Å². The lowest BCUT2D eigenvalue weighted by Crippen LogP contribution is -1.90. The summed E-state index contributed by atoms with van der Waals surface area (Å²) in [4.78, 5) is 10.9. The van der Waals surface area contributed by atoms with E-state index < -0.39 is 6.43 Å². The van der Waals surface area contributed by atoms with E-state index in [1.165, 1.54) is 6.07 Å². The maximum atomic E-state index is 12.6. The second-order valence-corrected chi connectivity index (χ2v) is 4.60. The van der Waals surface area contributed by atoms with Crippen LogP contribution in [0.3, 0.4) is 0 Å². The maximum Gasteiger partial charge on any atom is 0.264 e. The molecule has 0 amide bonds. The first kappa shape index (κ1) is 12.9. The highest BCUT2D eigenvalue weighted by atomic mass is 79.9. The van der Waals surface area contributed by atoms with Crippen LogP contribution in [-0.4, -0.2) is 6.29 Å². The summed E-state index contributed by atoms with van der Waals surface area (Å²) in [5.74, 6) is 0. The molecule has 0 unspecified atom stereocenters. The lowest BCUT2D eigenvalue weighted by Gasteiger charge is -2.08. The van der Waals surface area contributed by atoms with Crippen LogP contribution in [0, 0.1) is 0 Å². The molecule has 0 saturated heterocycles. The number of alkyl halides is 2. The van der Waals surface area contributed by atoms with E-state index in [1.54, 1.807) is 36.4 Å². The number of hydrogen-bond donors (Lipinski definition) is 0. The molecule has 2 aromatic rings. The zero-order valence-electron chi connectivity index (χ0n) is 9.24. The Balaban J connectivity index is 2.52. The topological polar surface area (TPSA) is 17.1 Å². The van der Waals surface area contributed by atoms with Crippen LogP contribution in [0.1, 0.15) is 22.3 Å². The van der Waals surface area contributed by atoms with Gasteiger partial charge in [-0.15, -0.1) is 0 Å². The molecule has 0 radical (unpaired) electrons. The van der Waals surface area contributed by atoms with E-state index in [1.807, 2.05) is 0 Å². The zero-order valence-corrected chi connectivity index (χ0v) is 10.8. The van der Waals surface area contributed by atoms with Gasteiger partial charge in [0.1, 0.15) is 0 Å². The molecule has 1 nitrogen and oxygen atoms in total. The van der Waals surface area contributed by atoms with Crippen LogP contribution >= 0.6 is 15.9 Å². The molecule has 92 valence electrons. The van der Waals surface area contributed by atoms with Crippen LogP contribution in [0.25, 0.3) is 11.1 Å². The van der Waals surface area contributed by atoms with Gasteiger partial charge in [0.05, 0.1) is 0 Å². The molecule has 0 saturated carbocycles. The molecule has 0 aliphatic heterocycles. The summed E-state index contributed by atoms with van der Waals surface area (Å²) in [7, 11) is 0. The van der Waals surface area contributed by atoms with Gasteiger partial charge in [-0.3, -0.25) is 4.79 Å². The standard InChI is InChI=1S/C14H9BrF2O/c15-13-7-9(5-6-12(13)14(16)17)11-4-2-1-3-10(11)8-18/h1-8,14H. The van der Waals surface area contributed by atoms with Crippen LogP contribution in [0.5, 0.6) is 0 Å². The molecule has 4 heteroatoms. The molecule has 0 atom stereocenters. The van der Waals surface area contributed by atoms with Crippen molar-refractivity contribution in [3.8, 4) is 11.1 Å². The summed E-state index contributed by atoms with van der Waals surface area (Å²) in [5.41, 5.74) is 1.94. The molecule has 0 heterocycles. The lowest BCUT2D eigenvalue weighted by molar-refractivity contribution is 0.112.